The minimum atomic E-state index is -0.963. The maximum Gasteiger partial charge on any atom is 0.337 e. The van der Waals surface area contributed by atoms with Gasteiger partial charge < -0.3 is 14.9 Å². The number of rotatable bonds is 3. The highest BCUT2D eigenvalue weighted by molar-refractivity contribution is 5.87. The van der Waals surface area contributed by atoms with E-state index in [1.807, 2.05) is 4.90 Å². The van der Waals surface area contributed by atoms with E-state index in [-0.39, 0.29) is 11.5 Å². The molecule has 3 fully saturated rings. The van der Waals surface area contributed by atoms with Crippen molar-refractivity contribution in [1.29, 1.82) is 0 Å². The van der Waals surface area contributed by atoms with Crippen LogP contribution in [0.5, 0.6) is 0 Å². The third kappa shape index (κ3) is 2.64. The summed E-state index contributed by atoms with van der Waals surface area (Å²) in [4.78, 5) is 32.1. The predicted octanol–water partition coefficient (Wildman–Crippen LogP) is 2.01. The van der Waals surface area contributed by atoms with E-state index in [1.54, 1.807) is 12.1 Å². The van der Waals surface area contributed by atoms with Crippen LogP contribution >= 0.6 is 0 Å². The second-order valence-corrected chi connectivity index (χ2v) is 7.33. The monoisotopic (exact) mass is 329 g/mol. The number of amides is 1. The Labute approximate surface area is 141 Å². The molecule has 2 aliphatic carbocycles. The minimum Gasteiger partial charge on any atom is -0.478 e. The lowest BCUT2D eigenvalue weighted by atomic mass is 9.91. The number of piperazine rings is 1. The number of nitrogens with zero attached hydrogens (tertiary/aromatic N) is 3. The van der Waals surface area contributed by atoms with Gasteiger partial charge in [-0.25, -0.2) is 9.78 Å². The SMILES string of the molecule is O=C(O)c1ccc(N2CCN(C(=O)C3CCCC34CC4)CC2)nc1. The maximum absolute atomic E-state index is 12.8. The summed E-state index contributed by atoms with van der Waals surface area (Å²) in [5, 5.41) is 8.94. The van der Waals surface area contributed by atoms with Crippen molar-refractivity contribution in [3.8, 4) is 0 Å². The van der Waals surface area contributed by atoms with Gasteiger partial charge in [0.2, 0.25) is 5.91 Å². The van der Waals surface area contributed by atoms with Gasteiger partial charge in [0.15, 0.2) is 0 Å². The van der Waals surface area contributed by atoms with Crippen molar-refractivity contribution in [2.45, 2.75) is 32.1 Å². The molecule has 6 nitrogen and oxygen atoms in total. The van der Waals surface area contributed by atoms with E-state index in [4.69, 9.17) is 5.11 Å². The van der Waals surface area contributed by atoms with Gasteiger partial charge in [0.25, 0.3) is 0 Å². The third-order valence-electron chi connectivity index (χ3n) is 6.01. The Balaban J connectivity index is 1.36. The molecule has 1 saturated heterocycles. The summed E-state index contributed by atoms with van der Waals surface area (Å²) in [7, 11) is 0. The summed E-state index contributed by atoms with van der Waals surface area (Å²) < 4.78 is 0. The minimum absolute atomic E-state index is 0.198. The number of carbonyl (C=O) groups is 2. The van der Waals surface area contributed by atoms with E-state index in [0.29, 0.717) is 11.3 Å². The van der Waals surface area contributed by atoms with Crippen LogP contribution in [0.4, 0.5) is 5.82 Å². The molecule has 1 amide bonds. The molecule has 1 atom stereocenters. The summed E-state index contributed by atoms with van der Waals surface area (Å²) >= 11 is 0. The van der Waals surface area contributed by atoms with Crippen LogP contribution in [0, 0.1) is 11.3 Å². The average Bonchev–Trinajstić information content (AvgIpc) is 3.26. The first-order valence-electron chi connectivity index (χ1n) is 8.82. The van der Waals surface area contributed by atoms with E-state index in [1.165, 1.54) is 31.9 Å². The lowest BCUT2D eigenvalue weighted by molar-refractivity contribution is -0.137. The van der Waals surface area contributed by atoms with E-state index < -0.39 is 5.97 Å². The molecule has 1 spiro atoms. The predicted molar refractivity (Wildman–Crippen MR) is 89.0 cm³/mol. The molecule has 0 radical (unpaired) electrons. The number of carboxylic acids is 1. The van der Waals surface area contributed by atoms with E-state index in [0.717, 1.165) is 38.4 Å². The fourth-order valence-electron chi connectivity index (χ4n) is 4.36. The zero-order valence-corrected chi connectivity index (χ0v) is 13.8. The molecule has 1 unspecified atom stereocenters. The molecule has 3 aliphatic rings. The standard InChI is InChI=1S/C18H23N3O3/c22-16(14-2-1-5-18(14)6-7-18)21-10-8-20(9-11-21)15-4-3-13(12-19-15)17(23)24/h3-4,12,14H,1-2,5-11H2,(H,23,24). The second kappa shape index (κ2) is 5.76. The Morgan fingerprint density at radius 2 is 1.88 bits per heavy atom. The Bertz CT molecular complexity index is 646. The number of hydrogen-bond donors (Lipinski definition) is 1. The number of aromatic nitrogens is 1. The Morgan fingerprint density at radius 3 is 2.46 bits per heavy atom. The number of pyridine rings is 1. The van der Waals surface area contributed by atoms with Crippen molar-refractivity contribution in [2.75, 3.05) is 31.1 Å². The van der Waals surface area contributed by atoms with Gasteiger partial charge in [-0.15, -0.1) is 0 Å². The molecule has 24 heavy (non-hydrogen) atoms. The molecule has 1 aromatic rings. The summed E-state index contributed by atoms with van der Waals surface area (Å²) in [6, 6.07) is 3.33. The van der Waals surface area contributed by atoms with Gasteiger partial charge in [0.05, 0.1) is 5.56 Å². The molecule has 0 bridgehead atoms. The lowest BCUT2D eigenvalue weighted by Crippen LogP contribution is -2.51. The second-order valence-electron chi connectivity index (χ2n) is 7.33. The average molecular weight is 329 g/mol. The van der Waals surface area contributed by atoms with Crippen LogP contribution in [-0.2, 0) is 4.79 Å². The molecular weight excluding hydrogens is 306 g/mol. The first-order chi connectivity index (χ1) is 11.6. The molecule has 0 aromatic carbocycles. The number of carboxylic acid groups (broad SMARTS) is 1. The van der Waals surface area contributed by atoms with Gasteiger partial charge in [0, 0.05) is 38.3 Å². The largest absolute Gasteiger partial charge is 0.478 e. The topological polar surface area (TPSA) is 73.7 Å². The highest BCUT2D eigenvalue weighted by Gasteiger charge is 2.55. The smallest absolute Gasteiger partial charge is 0.337 e. The highest BCUT2D eigenvalue weighted by atomic mass is 16.4. The maximum atomic E-state index is 12.8. The lowest BCUT2D eigenvalue weighted by Gasteiger charge is -2.37. The molecule has 128 valence electrons. The van der Waals surface area contributed by atoms with Crippen LogP contribution in [0.1, 0.15) is 42.5 Å². The van der Waals surface area contributed by atoms with Gasteiger partial charge >= 0.3 is 5.97 Å². The Kier molecular flexibility index (Phi) is 3.70. The van der Waals surface area contributed by atoms with Gasteiger partial charge in [0.1, 0.15) is 5.82 Å². The molecule has 2 saturated carbocycles. The molecule has 1 aliphatic heterocycles. The summed E-state index contributed by atoms with van der Waals surface area (Å²) in [6.07, 6.45) is 7.38. The highest BCUT2D eigenvalue weighted by Crippen LogP contribution is 2.61. The molecular formula is C18H23N3O3. The van der Waals surface area contributed by atoms with Gasteiger partial charge in [-0.1, -0.05) is 6.42 Å². The first kappa shape index (κ1) is 15.4. The quantitative estimate of drug-likeness (QED) is 0.918. The van der Waals surface area contributed by atoms with Gasteiger partial charge in [-0.3, -0.25) is 4.79 Å². The van der Waals surface area contributed by atoms with Crippen LogP contribution in [-0.4, -0.2) is 53.0 Å². The van der Waals surface area contributed by atoms with Crippen LogP contribution in [0.15, 0.2) is 18.3 Å². The number of hydrogen-bond acceptors (Lipinski definition) is 4. The Morgan fingerprint density at radius 1 is 1.12 bits per heavy atom. The molecule has 1 aromatic heterocycles. The van der Waals surface area contributed by atoms with E-state index in [2.05, 4.69) is 9.88 Å². The molecule has 2 heterocycles. The molecule has 1 N–H and O–H groups in total. The summed E-state index contributed by atoms with van der Waals surface area (Å²) in [5.74, 6) is 0.442. The third-order valence-corrected chi connectivity index (χ3v) is 6.01. The Hall–Kier alpha value is -2.11. The van der Waals surface area contributed by atoms with Crippen molar-refractivity contribution >= 4 is 17.7 Å². The van der Waals surface area contributed by atoms with Crippen LogP contribution in [0.3, 0.4) is 0 Å². The summed E-state index contributed by atoms with van der Waals surface area (Å²) in [5.41, 5.74) is 0.561. The van der Waals surface area contributed by atoms with Crippen LogP contribution < -0.4 is 4.90 Å². The van der Waals surface area contributed by atoms with Gasteiger partial charge in [-0.05, 0) is 43.2 Å². The van der Waals surface area contributed by atoms with Crippen molar-refractivity contribution in [3.63, 3.8) is 0 Å². The fourth-order valence-corrected chi connectivity index (χ4v) is 4.36. The van der Waals surface area contributed by atoms with Crippen LogP contribution in [0.2, 0.25) is 0 Å². The number of anilines is 1. The zero-order chi connectivity index (χ0) is 16.7. The van der Waals surface area contributed by atoms with Gasteiger partial charge in [-0.2, -0.15) is 0 Å². The fraction of sp³-hybridized carbons (Fsp3) is 0.611. The molecule has 6 heteroatoms. The number of aromatic carboxylic acids is 1. The van der Waals surface area contributed by atoms with E-state index in [9.17, 15) is 9.59 Å². The zero-order valence-electron chi connectivity index (χ0n) is 13.8. The summed E-state index contributed by atoms with van der Waals surface area (Å²) in [6.45, 7) is 2.97. The van der Waals surface area contributed by atoms with Crippen molar-refractivity contribution < 1.29 is 14.7 Å². The van der Waals surface area contributed by atoms with Crippen molar-refractivity contribution in [3.05, 3.63) is 23.9 Å². The van der Waals surface area contributed by atoms with Crippen molar-refractivity contribution in [1.82, 2.24) is 9.88 Å². The van der Waals surface area contributed by atoms with E-state index >= 15 is 0 Å². The van der Waals surface area contributed by atoms with Crippen LogP contribution in [0.25, 0.3) is 0 Å². The number of carbonyl (C=O) groups excluding carboxylic acids is 1. The normalized spacial score (nSPS) is 25.1. The first-order valence-corrected chi connectivity index (χ1v) is 8.82. The van der Waals surface area contributed by atoms with Crippen molar-refractivity contribution in [2.24, 2.45) is 11.3 Å². The molecule has 4 rings (SSSR count).